The SMILES string of the molecule is [C-]#[N+]c1cccc(C(C)(C)[C@H](NC)C(=O)N[C@H](C(=O)N(C)[C@H](/C=C(\C)C(=O)O)C(C)C)C(C)(C)C)c1. The van der Waals surface area contributed by atoms with Gasteiger partial charge in [-0.2, -0.15) is 0 Å². The Balaban J connectivity index is 3.35. The van der Waals surface area contributed by atoms with Crippen molar-refractivity contribution in [2.75, 3.05) is 14.1 Å². The molecule has 0 aromatic heterocycles. The Kier molecular flexibility index (Phi) is 10.4. The zero-order chi connectivity index (χ0) is 28.0. The third-order valence-electron chi connectivity index (χ3n) is 6.63. The van der Waals surface area contributed by atoms with Gasteiger partial charge in [-0.25, -0.2) is 9.64 Å². The number of benzene rings is 1. The fourth-order valence-corrected chi connectivity index (χ4v) is 4.27. The maximum Gasteiger partial charge on any atom is 0.331 e. The van der Waals surface area contributed by atoms with E-state index >= 15 is 0 Å². The first-order chi connectivity index (χ1) is 16.5. The summed E-state index contributed by atoms with van der Waals surface area (Å²) in [5.41, 5.74) is 0.183. The third kappa shape index (κ3) is 7.41. The molecule has 1 aromatic carbocycles. The smallest absolute Gasteiger partial charge is 0.331 e. The molecule has 198 valence electrons. The first kappa shape index (κ1) is 30.9. The van der Waals surface area contributed by atoms with E-state index < -0.39 is 34.9 Å². The summed E-state index contributed by atoms with van der Waals surface area (Å²) in [7, 11) is 3.33. The van der Waals surface area contributed by atoms with Crippen molar-refractivity contribution in [1.29, 1.82) is 0 Å². The van der Waals surface area contributed by atoms with E-state index in [9.17, 15) is 19.5 Å². The van der Waals surface area contributed by atoms with Gasteiger partial charge in [0.25, 0.3) is 0 Å². The molecule has 3 atom stereocenters. The van der Waals surface area contributed by atoms with E-state index in [1.165, 1.54) is 11.8 Å². The number of carboxylic acid groups (broad SMARTS) is 1. The Morgan fingerprint density at radius 1 is 1.11 bits per heavy atom. The number of nitrogens with one attached hydrogen (secondary N) is 2. The number of aliphatic carboxylic acids is 1. The molecule has 0 heterocycles. The van der Waals surface area contributed by atoms with E-state index in [0.717, 1.165) is 5.56 Å². The molecule has 0 bridgehead atoms. The second-order valence-electron chi connectivity index (χ2n) is 11.3. The maximum atomic E-state index is 13.7. The second-order valence-corrected chi connectivity index (χ2v) is 11.3. The van der Waals surface area contributed by atoms with Crippen LogP contribution in [-0.2, 0) is 19.8 Å². The van der Waals surface area contributed by atoms with Gasteiger partial charge in [-0.3, -0.25) is 9.59 Å². The van der Waals surface area contributed by atoms with Crippen LogP contribution in [0.2, 0.25) is 0 Å². The summed E-state index contributed by atoms with van der Waals surface area (Å²) in [5.74, 6) is -1.71. The standard InChI is InChI=1S/C28H42N4O4/c1-17(2)21(15-18(3)26(35)36)32(11)25(34)23(27(4,5)6)31-24(33)22(30-10)28(7,8)19-13-12-14-20(16-19)29-9/h12-17,21-23,30H,1-8,10-11H3,(H,31,33)(H,35,36)/b18-15+/t21-,22-,23-/m1/s1. The Hall–Kier alpha value is -3.18. The number of carbonyl (C=O) groups is 3. The second kappa shape index (κ2) is 12.2. The van der Waals surface area contributed by atoms with Crippen molar-refractivity contribution >= 4 is 23.5 Å². The fourth-order valence-electron chi connectivity index (χ4n) is 4.27. The van der Waals surface area contributed by atoms with Gasteiger partial charge in [0, 0.05) is 18.0 Å². The first-order valence-electron chi connectivity index (χ1n) is 12.1. The van der Waals surface area contributed by atoms with E-state index in [4.69, 9.17) is 6.57 Å². The minimum atomic E-state index is -1.04. The highest BCUT2D eigenvalue weighted by Crippen LogP contribution is 2.31. The summed E-state index contributed by atoms with van der Waals surface area (Å²) >= 11 is 0. The zero-order valence-corrected chi connectivity index (χ0v) is 23.3. The number of nitrogens with zero attached hydrogens (tertiary/aromatic N) is 2. The molecule has 0 saturated carbocycles. The molecule has 0 aliphatic heterocycles. The van der Waals surface area contributed by atoms with Crippen molar-refractivity contribution in [1.82, 2.24) is 15.5 Å². The van der Waals surface area contributed by atoms with Crippen molar-refractivity contribution in [2.45, 2.75) is 78.9 Å². The van der Waals surface area contributed by atoms with Gasteiger partial charge in [0.2, 0.25) is 11.8 Å². The molecular formula is C28H42N4O4. The van der Waals surface area contributed by atoms with Gasteiger partial charge in [0.1, 0.15) is 6.04 Å². The summed E-state index contributed by atoms with van der Waals surface area (Å²) in [6, 6.07) is 5.18. The Labute approximate surface area is 216 Å². The molecular weight excluding hydrogens is 456 g/mol. The molecule has 8 heteroatoms. The van der Waals surface area contributed by atoms with Crippen LogP contribution in [0.5, 0.6) is 0 Å². The van der Waals surface area contributed by atoms with Crippen LogP contribution in [0.4, 0.5) is 5.69 Å². The summed E-state index contributed by atoms with van der Waals surface area (Å²) < 4.78 is 0. The van der Waals surface area contributed by atoms with Crippen LogP contribution < -0.4 is 10.6 Å². The number of carboxylic acids is 1. The number of likely N-dealkylation sites (N-methyl/N-ethyl adjacent to an activating group) is 2. The number of rotatable bonds is 10. The lowest BCUT2D eigenvalue weighted by molar-refractivity contribution is -0.141. The van der Waals surface area contributed by atoms with E-state index in [2.05, 4.69) is 15.5 Å². The van der Waals surface area contributed by atoms with Gasteiger partial charge in [-0.1, -0.05) is 84.4 Å². The van der Waals surface area contributed by atoms with Crippen LogP contribution in [0, 0.1) is 17.9 Å². The largest absolute Gasteiger partial charge is 0.478 e. The van der Waals surface area contributed by atoms with E-state index in [1.807, 2.05) is 54.5 Å². The van der Waals surface area contributed by atoms with Crippen molar-refractivity contribution < 1.29 is 19.5 Å². The Bertz CT molecular complexity index is 1030. The quantitative estimate of drug-likeness (QED) is 0.332. The summed E-state index contributed by atoms with van der Waals surface area (Å²) in [4.78, 5) is 43.7. The van der Waals surface area contributed by atoms with Gasteiger partial charge < -0.3 is 20.6 Å². The van der Waals surface area contributed by atoms with Crippen molar-refractivity contribution in [2.24, 2.45) is 11.3 Å². The molecule has 0 aliphatic carbocycles. The molecule has 0 saturated heterocycles. The van der Waals surface area contributed by atoms with Crippen molar-refractivity contribution in [3.8, 4) is 0 Å². The van der Waals surface area contributed by atoms with Crippen LogP contribution in [0.15, 0.2) is 35.9 Å². The van der Waals surface area contributed by atoms with E-state index in [0.29, 0.717) is 5.69 Å². The number of carbonyl (C=O) groups excluding carboxylic acids is 2. The average Bonchev–Trinajstić information content (AvgIpc) is 2.79. The molecule has 2 amide bonds. The van der Waals surface area contributed by atoms with E-state index in [1.54, 1.807) is 38.4 Å². The molecule has 0 radical (unpaired) electrons. The molecule has 0 fully saturated rings. The predicted molar refractivity (Wildman–Crippen MR) is 143 cm³/mol. The van der Waals surface area contributed by atoms with Crippen LogP contribution in [0.25, 0.3) is 4.85 Å². The number of hydrogen-bond acceptors (Lipinski definition) is 4. The molecule has 0 unspecified atom stereocenters. The highest BCUT2D eigenvalue weighted by Gasteiger charge is 2.41. The number of hydrogen-bond donors (Lipinski definition) is 3. The minimum absolute atomic E-state index is 0.0386. The van der Waals surface area contributed by atoms with Crippen LogP contribution >= 0.6 is 0 Å². The molecule has 0 spiro atoms. The third-order valence-corrected chi connectivity index (χ3v) is 6.63. The van der Waals surface area contributed by atoms with Gasteiger partial charge >= 0.3 is 5.97 Å². The first-order valence-corrected chi connectivity index (χ1v) is 12.1. The lowest BCUT2D eigenvalue weighted by atomic mass is 9.76. The monoisotopic (exact) mass is 498 g/mol. The Morgan fingerprint density at radius 3 is 2.14 bits per heavy atom. The molecule has 8 nitrogen and oxygen atoms in total. The van der Waals surface area contributed by atoms with Gasteiger partial charge in [-0.05, 0) is 25.3 Å². The Morgan fingerprint density at radius 2 is 1.69 bits per heavy atom. The minimum Gasteiger partial charge on any atom is -0.478 e. The predicted octanol–water partition coefficient (Wildman–Crippen LogP) is 4.15. The lowest BCUT2D eigenvalue weighted by Gasteiger charge is -2.40. The molecule has 1 rings (SSSR count). The summed E-state index contributed by atoms with van der Waals surface area (Å²) in [6.07, 6.45) is 1.58. The highest BCUT2D eigenvalue weighted by molar-refractivity contribution is 5.91. The number of amides is 2. The van der Waals surface area contributed by atoms with Gasteiger partial charge in [0.15, 0.2) is 5.69 Å². The summed E-state index contributed by atoms with van der Waals surface area (Å²) in [5, 5.41) is 15.4. The zero-order valence-electron chi connectivity index (χ0n) is 23.3. The fraction of sp³-hybridized carbons (Fsp3) is 0.571. The van der Waals surface area contributed by atoms with E-state index in [-0.39, 0.29) is 23.3 Å². The maximum absolute atomic E-state index is 13.7. The summed E-state index contributed by atoms with van der Waals surface area (Å²) in [6.45, 7) is 22.1. The molecule has 1 aromatic rings. The van der Waals surface area contributed by atoms with Crippen LogP contribution in [-0.4, -0.2) is 60.0 Å². The lowest BCUT2D eigenvalue weighted by Crippen LogP contribution is -2.61. The molecule has 0 aliphatic rings. The molecule has 36 heavy (non-hydrogen) atoms. The topological polar surface area (TPSA) is 103 Å². The van der Waals surface area contributed by atoms with Gasteiger partial charge in [0.05, 0.1) is 18.7 Å². The van der Waals surface area contributed by atoms with Crippen molar-refractivity contribution in [3.05, 3.63) is 52.9 Å². The van der Waals surface area contributed by atoms with Crippen LogP contribution in [0.3, 0.4) is 0 Å². The van der Waals surface area contributed by atoms with Crippen molar-refractivity contribution in [3.63, 3.8) is 0 Å². The average molecular weight is 499 g/mol. The van der Waals surface area contributed by atoms with Gasteiger partial charge in [-0.15, -0.1) is 0 Å². The normalized spacial score (nSPS) is 15.0. The highest BCUT2D eigenvalue weighted by atomic mass is 16.4. The van der Waals surface area contributed by atoms with Crippen LogP contribution in [0.1, 0.15) is 61.0 Å². The molecule has 3 N–H and O–H groups in total.